The van der Waals surface area contributed by atoms with E-state index in [2.05, 4.69) is 21.2 Å². The van der Waals surface area contributed by atoms with Crippen LogP contribution < -0.4 is 5.32 Å². The van der Waals surface area contributed by atoms with Crippen LogP contribution in [0.3, 0.4) is 0 Å². The normalized spacial score (nSPS) is 11.4. The fourth-order valence-corrected chi connectivity index (χ4v) is 4.48. The molecule has 29 heavy (non-hydrogen) atoms. The summed E-state index contributed by atoms with van der Waals surface area (Å²) in [5.74, 6) is -0.384. The number of nitrogens with one attached hydrogen (secondary N) is 1. The van der Waals surface area contributed by atoms with E-state index >= 15 is 0 Å². The van der Waals surface area contributed by atoms with E-state index in [0.29, 0.717) is 12.1 Å². The van der Waals surface area contributed by atoms with E-state index in [1.54, 1.807) is 36.4 Å². The number of para-hydroxylation sites is 1. The van der Waals surface area contributed by atoms with Gasteiger partial charge in [-0.05, 0) is 48.4 Å². The summed E-state index contributed by atoms with van der Waals surface area (Å²) >= 11 is 3.32. The molecule has 0 heterocycles. The van der Waals surface area contributed by atoms with Gasteiger partial charge >= 0.3 is 0 Å². The minimum Gasteiger partial charge on any atom is -0.325 e. The van der Waals surface area contributed by atoms with Crippen LogP contribution in [0.5, 0.6) is 0 Å². The summed E-state index contributed by atoms with van der Waals surface area (Å²) in [6, 6.07) is 25.0. The van der Waals surface area contributed by atoms with Gasteiger partial charge < -0.3 is 5.32 Å². The maximum absolute atomic E-state index is 13.2. The highest BCUT2D eigenvalue weighted by Crippen LogP contribution is 2.19. The third-order valence-corrected chi connectivity index (χ3v) is 6.71. The third-order valence-electron chi connectivity index (χ3n) is 4.32. The van der Waals surface area contributed by atoms with Crippen LogP contribution in [-0.2, 0) is 21.2 Å². The molecule has 5 nitrogen and oxygen atoms in total. The molecule has 0 aliphatic rings. The largest absolute Gasteiger partial charge is 0.325 e. The Kier molecular flexibility index (Phi) is 7.19. The van der Waals surface area contributed by atoms with Gasteiger partial charge in [-0.1, -0.05) is 64.5 Å². The third kappa shape index (κ3) is 6.00. The van der Waals surface area contributed by atoms with Crippen LogP contribution in [0.1, 0.15) is 5.56 Å². The Morgan fingerprint density at radius 2 is 1.45 bits per heavy atom. The number of anilines is 1. The van der Waals surface area contributed by atoms with E-state index < -0.39 is 10.0 Å². The standard InChI is InChI=1S/C22H21BrN2O3S/c23-19-11-13-21(14-12-19)29(27,28)25(16-15-18-7-3-1-4-8-18)17-22(26)24-20-9-5-2-6-10-20/h1-14H,15-17H2,(H,24,26). The maximum Gasteiger partial charge on any atom is 0.243 e. The van der Waals surface area contributed by atoms with Gasteiger partial charge in [0.1, 0.15) is 0 Å². The van der Waals surface area contributed by atoms with Crippen LogP contribution in [-0.4, -0.2) is 31.7 Å². The topological polar surface area (TPSA) is 66.5 Å². The van der Waals surface area contributed by atoms with Crippen molar-refractivity contribution < 1.29 is 13.2 Å². The Bertz CT molecular complexity index is 1040. The van der Waals surface area contributed by atoms with E-state index in [-0.39, 0.29) is 23.9 Å². The molecule has 0 atom stereocenters. The van der Waals surface area contributed by atoms with Crippen LogP contribution in [0.2, 0.25) is 0 Å². The Morgan fingerprint density at radius 1 is 0.862 bits per heavy atom. The van der Waals surface area contributed by atoms with Crippen LogP contribution >= 0.6 is 15.9 Å². The molecular formula is C22H21BrN2O3S. The monoisotopic (exact) mass is 472 g/mol. The molecule has 0 aromatic heterocycles. The van der Waals surface area contributed by atoms with Crippen molar-refractivity contribution in [3.63, 3.8) is 0 Å². The zero-order valence-corrected chi connectivity index (χ0v) is 18.1. The molecule has 0 fully saturated rings. The lowest BCUT2D eigenvalue weighted by atomic mass is 10.1. The number of hydrogen-bond donors (Lipinski definition) is 1. The van der Waals surface area contributed by atoms with E-state index in [1.807, 2.05) is 36.4 Å². The summed E-state index contributed by atoms with van der Waals surface area (Å²) in [6.07, 6.45) is 0.509. The zero-order chi connectivity index (χ0) is 20.7. The minimum atomic E-state index is -3.82. The summed E-state index contributed by atoms with van der Waals surface area (Å²) in [6.45, 7) is -0.0647. The van der Waals surface area contributed by atoms with Crippen LogP contribution in [0.15, 0.2) is 94.3 Å². The van der Waals surface area contributed by atoms with Gasteiger partial charge in [0, 0.05) is 16.7 Å². The Labute approximate surface area is 179 Å². The molecule has 3 aromatic carbocycles. The van der Waals surface area contributed by atoms with E-state index in [1.165, 1.54) is 16.4 Å². The number of sulfonamides is 1. The van der Waals surface area contributed by atoms with Gasteiger partial charge in [0.25, 0.3) is 0 Å². The van der Waals surface area contributed by atoms with E-state index in [0.717, 1.165) is 10.0 Å². The van der Waals surface area contributed by atoms with Crippen molar-refractivity contribution in [3.05, 3.63) is 95.0 Å². The van der Waals surface area contributed by atoms with Crippen molar-refractivity contribution in [2.24, 2.45) is 0 Å². The van der Waals surface area contributed by atoms with Gasteiger partial charge in [-0.3, -0.25) is 4.79 Å². The van der Waals surface area contributed by atoms with Crippen molar-refractivity contribution >= 4 is 37.5 Å². The van der Waals surface area contributed by atoms with Gasteiger partial charge in [-0.2, -0.15) is 4.31 Å². The van der Waals surface area contributed by atoms with Crippen molar-refractivity contribution in [3.8, 4) is 0 Å². The molecule has 0 aliphatic carbocycles. The van der Waals surface area contributed by atoms with E-state index in [9.17, 15) is 13.2 Å². The maximum atomic E-state index is 13.2. The lowest BCUT2D eigenvalue weighted by molar-refractivity contribution is -0.116. The molecule has 7 heteroatoms. The highest BCUT2D eigenvalue weighted by molar-refractivity contribution is 9.10. The molecule has 3 aromatic rings. The number of benzene rings is 3. The second kappa shape index (κ2) is 9.82. The number of amides is 1. The van der Waals surface area contributed by atoms with Crippen molar-refractivity contribution in [2.75, 3.05) is 18.4 Å². The molecule has 1 amide bonds. The molecule has 0 radical (unpaired) electrons. The molecule has 0 aliphatic heterocycles. The number of nitrogens with zero attached hydrogens (tertiary/aromatic N) is 1. The average Bonchev–Trinajstić information content (AvgIpc) is 2.73. The highest BCUT2D eigenvalue weighted by atomic mass is 79.9. The fourth-order valence-electron chi connectivity index (χ4n) is 2.82. The Hall–Kier alpha value is -2.48. The molecule has 1 N–H and O–H groups in total. The molecule has 3 rings (SSSR count). The predicted octanol–water partition coefficient (Wildman–Crippen LogP) is 4.32. The quantitative estimate of drug-likeness (QED) is 0.530. The van der Waals surface area contributed by atoms with Crippen LogP contribution in [0.25, 0.3) is 0 Å². The SMILES string of the molecule is O=C(CN(CCc1ccccc1)S(=O)(=O)c1ccc(Br)cc1)Nc1ccccc1. The lowest BCUT2D eigenvalue weighted by Crippen LogP contribution is -2.39. The van der Waals surface area contributed by atoms with Gasteiger partial charge in [0.2, 0.25) is 15.9 Å². The van der Waals surface area contributed by atoms with Gasteiger partial charge in [-0.15, -0.1) is 0 Å². The molecule has 0 saturated heterocycles. The Balaban J connectivity index is 1.80. The first-order valence-electron chi connectivity index (χ1n) is 9.10. The number of carbonyl (C=O) groups excluding carboxylic acids is 1. The zero-order valence-electron chi connectivity index (χ0n) is 15.7. The average molecular weight is 473 g/mol. The van der Waals surface area contributed by atoms with Crippen LogP contribution in [0, 0.1) is 0 Å². The molecule has 0 bridgehead atoms. The summed E-state index contributed by atoms with van der Waals surface area (Å²) < 4.78 is 28.4. The molecule has 150 valence electrons. The molecule has 0 saturated carbocycles. The first-order chi connectivity index (χ1) is 13.9. The van der Waals surface area contributed by atoms with Crippen LogP contribution in [0.4, 0.5) is 5.69 Å². The number of halogens is 1. The lowest BCUT2D eigenvalue weighted by Gasteiger charge is -2.22. The highest BCUT2D eigenvalue weighted by Gasteiger charge is 2.26. The van der Waals surface area contributed by atoms with Crippen molar-refractivity contribution in [1.82, 2.24) is 4.31 Å². The summed E-state index contributed by atoms with van der Waals surface area (Å²) in [5, 5.41) is 2.75. The smallest absolute Gasteiger partial charge is 0.243 e. The summed E-state index contributed by atoms with van der Waals surface area (Å²) in [4.78, 5) is 12.7. The number of hydrogen-bond acceptors (Lipinski definition) is 3. The first-order valence-corrected chi connectivity index (χ1v) is 11.3. The van der Waals surface area contributed by atoms with Gasteiger partial charge in [0.15, 0.2) is 0 Å². The summed E-state index contributed by atoms with van der Waals surface area (Å²) in [7, 11) is -3.82. The fraction of sp³-hybridized carbons (Fsp3) is 0.136. The van der Waals surface area contributed by atoms with Gasteiger partial charge in [0.05, 0.1) is 11.4 Å². The number of rotatable bonds is 8. The Morgan fingerprint density at radius 3 is 2.07 bits per heavy atom. The van der Waals surface area contributed by atoms with Gasteiger partial charge in [-0.25, -0.2) is 8.42 Å². The summed E-state index contributed by atoms with van der Waals surface area (Å²) in [5.41, 5.74) is 1.63. The predicted molar refractivity (Wildman–Crippen MR) is 118 cm³/mol. The van der Waals surface area contributed by atoms with E-state index in [4.69, 9.17) is 0 Å². The van der Waals surface area contributed by atoms with Crippen molar-refractivity contribution in [1.29, 1.82) is 0 Å². The molecule has 0 spiro atoms. The first kappa shape index (κ1) is 21.2. The van der Waals surface area contributed by atoms with Crippen molar-refractivity contribution in [2.45, 2.75) is 11.3 Å². The molecule has 0 unspecified atom stereocenters. The second-order valence-corrected chi connectivity index (χ2v) is 9.30. The minimum absolute atomic E-state index is 0.154. The molecular weight excluding hydrogens is 452 g/mol. The second-order valence-electron chi connectivity index (χ2n) is 6.44. The number of carbonyl (C=O) groups is 1.